The minimum atomic E-state index is -1.34. The molecule has 0 saturated carbocycles. The average Bonchev–Trinajstić information content (AvgIpc) is 3.48. The highest BCUT2D eigenvalue weighted by atomic mass is 16.5. The van der Waals surface area contributed by atoms with Gasteiger partial charge in [0, 0.05) is 31.6 Å². The van der Waals surface area contributed by atoms with Crippen LogP contribution in [-0.4, -0.2) is 56.4 Å². The molecule has 1 aliphatic rings. The van der Waals surface area contributed by atoms with Gasteiger partial charge < -0.3 is 24.1 Å². The predicted molar refractivity (Wildman–Crippen MR) is 173 cm³/mol. The van der Waals surface area contributed by atoms with Gasteiger partial charge in [0.1, 0.15) is 17.2 Å². The lowest BCUT2D eigenvalue weighted by molar-refractivity contribution is -0.130. The molecule has 1 heterocycles. The number of aliphatic hydroxyl groups excluding tert-OH is 1. The van der Waals surface area contributed by atoms with Gasteiger partial charge in [-0.15, -0.1) is 0 Å². The van der Waals surface area contributed by atoms with Crippen molar-refractivity contribution in [2.24, 2.45) is 4.99 Å². The molecule has 2 atom stereocenters. The number of benzene rings is 4. The van der Waals surface area contributed by atoms with Crippen molar-refractivity contribution >= 4 is 11.8 Å². The number of hydrogen-bond donors (Lipinski definition) is 3. The summed E-state index contributed by atoms with van der Waals surface area (Å²) >= 11 is 0. The fraction of sp³-hybridized carbons (Fsp3) is 0.278. The minimum absolute atomic E-state index is 0.0658. The number of methoxy groups -OCH3 is 2. The first kappa shape index (κ1) is 31.6. The van der Waals surface area contributed by atoms with E-state index in [1.807, 2.05) is 103 Å². The highest BCUT2D eigenvalue weighted by Crippen LogP contribution is 2.43. The number of aliphatic imine (C=N–C) groups is 1. The lowest BCUT2D eigenvalue weighted by Gasteiger charge is -2.31. The van der Waals surface area contributed by atoms with E-state index in [2.05, 4.69) is 10.9 Å². The maximum Gasteiger partial charge on any atom is 0.266 e. The Morgan fingerprint density at radius 3 is 2.31 bits per heavy atom. The molecule has 0 aromatic heterocycles. The molecule has 1 amide bonds. The standard InChI is InChI=1S/C36H39N3O6/c1-42-30-16-12-26(13-17-30)20-21-37-39-35(41)36(25-27-8-4-3-5-9-27)33(29-10-6-11-32(24-29)43-2)45-34(38-36)28-14-18-31(19-15-28)44-23-7-22-40/h3-6,8-19,24,33,37,40H,7,20-23,25H2,1-2H3,(H,39,41)/t33-,36-/m0/s1. The van der Waals surface area contributed by atoms with E-state index in [1.54, 1.807) is 14.2 Å². The van der Waals surface area contributed by atoms with E-state index in [4.69, 9.17) is 29.0 Å². The molecule has 3 N–H and O–H groups in total. The summed E-state index contributed by atoms with van der Waals surface area (Å²) in [5, 5.41) is 9.06. The van der Waals surface area contributed by atoms with Crippen LogP contribution in [0.2, 0.25) is 0 Å². The molecule has 0 saturated heterocycles. The number of nitrogens with zero attached hydrogens (tertiary/aromatic N) is 1. The Labute approximate surface area is 263 Å². The van der Waals surface area contributed by atoms with Crippen LogP contribution in [0.1, 0.15) is 34.8 Å². The van der Waals surface area contributed by atoms with Crippen LogP contribution in [0.3, 0.4) is 0 Å². The number of hydrazine groups is 1. The molecule has 45 heavy (non-hydrogen) atoms. The minimum Gasteiger partial charge on any atom is -0.497 e. The van der Waals surface area contributed by atoms with Crippen molar-refractivity contribution in [2.75, 3.05) is 34.0 Å². The van der Waals surface area contributed by atoms with Crippen molar-refractivity contribution < 1.29 is 28.8 Å². The van der Waals surface area contributed by atoms with Gasteiger partial charge in [-0.25, -0.2) is 10.4 Å². The smallest absolute Gasteiger partial charge is 0.266 e. The average molecular weight is 610 g/mol. The lowest BCUT2D eigenvalue weighted by atomic mass is 9.82. The van der Waals surface area contributed by atoms with Crippen molar-refractivity contribution in [3.63, 3.8) is 0 Å². The zero-order valence-electron chi connectivity index (χ0n) is 25.6. The molecule has 1 aliphatic heterocycles. The quantitative estimate of drug-likeness (QED) is 0.131. The number of carbonyl (C=O) groups excluding carboxylic acids is 1. The van der Waals surface area contributed by atoms with E-state index < -0.39 is 11.6 Å². The van der Waals surface area contributed by atoms with E-state index in [0.717, 1.165) is 22.4 Å². The topological polar surface area (TPSA) is 111 Å². The van der Waals surface area contributed by atoms with Gasteiger partial charge in [-0.05, 0) is 71.6 Å². The zero-order valence-corrected chi connectivity index (χ0v) is 25.6. The van der Waals surface area contributed by atoms with Gasteiger partial charge in [0.05, 0.1) is 20.8 Å². The van der Waals surface area contributed by atoms with Crippen molar-refractivity contribution in [1.82, 2.24) is 10.9 Å². The summed E-state index contributed by atoms with van der Waals surface area (Å²) < 4.78 is 23.1. The summed E-state index contributed by atoms with van der Waals surface area (Å²) in [5.74, 6) is 2.16. The fourth-order valence-electron chi connectivity index (χ4n) is 5.24. The fourth-order valence-corrected chi connectivity index (χ4v) is 5.24. The number of ether oxygens (including phenoxy) is 4. The molecule has 0 bridgehead atoms. The largest absolute Gasteiger partial charge is 0.497 e. The molecule has 4 aromatic rings. The molecule has 0 spiro atoms. The van der Waals surface area contributed by atoms with Gasteiger partial charge in [0.15, 0.2) is 11.6 Å². The predicted octanol–water partition coefficient (Wildman–Crippen LogP) is 4.83. The Morgan fingerprint density at radius 1 is 0.867 bits per heavy atom. The highest BCUT2D eigenvalue weighted by molar-refractivity contribution is 6.01. The van der Waals surface area contributed by atoms with Crippen LogP contribution in [-0.2, 0) is 22.4 Å². The number of nitrogens with one attached hydrogen (secondary N) is 2. The summed E-state index contributed by atoms with van der Waals surface area (Å²) in [6.07, 6.45) is 0.803. The van der Waals surface area contributed by atoms with E-state index >= 15 is 0 Å². The Hall–Kier alpha value is -4.86. The first-order valence-electron chi connectivity index (χ1n) is 15.0. The van der Waals surface area contributed by atoms with Gasteiger partial charge in [0.2, 0.25) is 5.90 Å². The van der Waals surface area contributed by atoms with E-state index in [9.17, 15) is 4.79 Å². The number of amides is 1. The van der Waals surface area contributed by atoms with E-state index in [0.29, 0.717) is 55.4 Å². The first-order valence-corrected chi connectivity index (χ1v) is 15.0. The van der Waals surface area contributed by atoms with Gasteiger partial charge in [-0.1, -0.05) is 54.6 Å². The van der Waals surface area contributed by atoms with Gasteiger partial charge >= 0.3 is 0 Å². The molecule has 9 nitrogen and oxygen atoms in total. The van der Waals surface area contributed by atoms with Crippen molar-refractivity contribution in [2.45, 2.75) is 30.9 Å². The Kier molecular flexibility index (Phi) is 10.7. The molecular weight excluding hydrogens is 570 g/mol. The third-order valence-corrected chi connectivity index (χ3v) is 7.64. The molecular formula is C36H39N3O6. The number of rotatable bonds is 15. The third-order valence-electron chi connectivity index (χ3n) is 7.64. The first-order chi connectivity index (χ1) is 22.0. The summed E-state index contributed by atoms with van der Waals surface area (Å²) in [5.41, 5.74) is 8.25. The van der Waals surface area contributed by atoms with Crippen molar-refractivity contribution in [3.05, 3.63) is 125 Å². The molecule has 5 rings (SSSR count). The summed E-state index contributed by atoms with van der Waals surface area (Å²) in [7, 11) is 3.25. The van der Waals surface area contributed by atoms with Gasteiger partial charge in [-0.2, -0.15) is 0 Å². The molecule has 4 aromatic carbocycles. The normalized spacial score (nSPS) is 17.2. The molecule has 234 valence electrons. The molecule has 0 unspecified atom stereocenters. The third kappa shape index (κ3) is 7.81. The molecule has 0 aliphatic carbocycles. The summed E-state index contributed by atoms with van der Waals surface area (Å²) in [6, 6.07) is 32.6. The summed E-state index contributed by atoms with van der Waals surface area (Å²) in [6.45, 7) is 0.992. The van der Waals surface area contributed by atoms with Crippen LogP contribution < -0.4 is 25.1 Å². The van der Waals surface area contributed by atoms with Gasteiger partial charge in [0.25, 0.3) is 5.91 Å². The van der Waals surface area contributed by atoms with Crippen LogP contribution >= 0.6 is 0 Å². The molecule has 9 heteroatoms. The van der Waals surface area contributed by atoms with Crippen molar-refractivity contribution in [3.8, 4) is 17.2 Å². The zero-order chi connectivity index (χ0) is 31.5. The lowest BCUT2D eigenvalue weighted by Crippen LogP contribution is -2.54. The second-order valence-corrected chi connectivity index (χ2v) is 10.7. The monoisotopic (exact) mass is 609 g/mol. The Balaban J connectivity index is 1.45. The van der Waals surface area contributed by atoms with Gasteiger partial charge in [-0.3, -0.25) is 10.2 Å². The maximum atomic E-state index is 14.3. The number of carbonyl (C=O) groups is 1. The SMILES string of the molecule is COc1ccc(CCNNC(=O)[C@@]2(Cc3ccccc3)N=C(c3ccc(OCCCO)cc3)O[C@H]2c2cccc(OC)c2)cc1. The van der Waals surface area contributed by atoms with Crippen LogP contribution in [0.4, 0.5) is 0 Å². The molecule has 0 fully saturated rings. The van der Waals surface area contributed by atoms with E-state index in [1.165, 1.54) is 0 Å². The second-order valence-electron chi connectivity index (χ2n) is 10.7. The highest BCUT2D eigenvalue weighted by Gasteiger charge is 2.53. The number of aliphatic hydroxyl groups is 1. The van der Waals surface area contributed by atoms with Crippen LogP contribution in [0, 0.1) is 0 Å². The number of hydrogen-bond acceptors (Lipinski definition) is 8. The van der Waals surface area contributed by atoms with Crippen LogP contribution in [0.5, 0.6) is 17.2 Å². The second kappa shape index (κ2) is 15.2. The maximum absolute atomic E-state index is 14.3. The van der Waals surface area contributed by atoms with Crippen LogP contribution in [0.15, 0.2) is 108 Å². The molecule has 0 radical (unpaired) electrons. The Bertz CT molecular complexity index is 1560. The van der Waals surface area contributed by atoms with Crippen molar-refractivity contribution in [1.29, 1.82) is 0 Å². The van der Waals surface area contributed by atoms with E-state index in [-0.39, 0.29) is 12.5 Å². The van der Waals surface area contributed by atoms with Crippen LogP contribution in [0.25, 0.3) is 0 Å². The Morgan fingerprint density at radius 2 is 1.60 bits per heavy atom. The summed E-state index contributed by atoms with van der Waals surface area (Å²) in [4.78, 5) is 19.4.